The molecule has 0 atom stereocenters. The van der Waals surface area contributed by atoms with Gasteiger partial charge in [0.2, 0.25) is 11.8 Å². The molecule has 1 aromatic heterocycles. The number of benzene rings is 2. The Hall–Kier alpha value is -3.64. The molecule has 0 radical (unpaired) electrons. The van der Waals surface area contributed by atoms with E-state index in [0.29, 0.717) is 34.4 Å². The monoisotopic (exact) mass is 424 g/mol. The first-order valence-electron chi connectivity index (χ1n) is 9.15. The Morgan fingerprint density at radius 3 is 2.67 bits per heavy atom. The molecule has 30 heavy (non-hydrogen) atoms. The van der Waals surface area contributed by atoms with E-state index in [9.17, 15) is 13.2 Å². The van der Waals surface area contributed by atoms with E-state index in [1.165, 1.54) is 19.1 Å². The maximum Gasteiger partial charge on any atom is 0.262 e. The van der Waals surface area contributed by atoms with Crippen molar-refractivity contribution in [3.63, 3.8) is 0 Å². The molecule has 1 heterocycles. The third kappa shape index (κ3) is 4.34. The van der Waals surface area contributed by atoms with Gasteiger partial charge in [0, 0.05) is 6.92 Å². The average molecular weight is 424 g/mol. The average Bonchev–Trinajstić information content (AvgIpc) is 3.10. The molecule has 1 amide bonds. The molecule has 154 valence electrons. The number of hydrogen-bond donors (Lipinski definition) is 2. The van der Waals surface area contributed by atoms with Crippen LogP contribution < -0.4 is 10.0 Å². The highest BCUT2D eigenvalue weighted by atomic mass is 32.2. The minimum absolute atomic E-state index is 0.0689. The number of sulfonamides is 1. The second-order valence-electron chi connectivity index (χ2n) is 6.65. The third-order valence-electron chi connectivity index (χ3n) is 4.40. The van der Waals surface area contributed by atoms with Crippen LogP contribution in [0.2, 0.25) is 0 Å². The number of hydrogen-bond acceptors (Lipinski definition) is 6. The molecular weight excluding hydrogens is 404 g/mol. The second kappa shape index (κ2) is 8.39. The Kier molecular flexibility index (Phi) is 5.89. The lowest BCUT2D eigenvalue weighted by atomic mass is 10.0. The molecule has 3 aromatic rings. The number of carbonyl (C=O) groups is 1. The Morgan fingerprint density at radius 2 is 2.00 bits per heavy atom. The van der Waals surface area contributed by atoms with Gasteiger partial charge in [0.1, 0.15) is 0 Å². The number of amides is 1. The van der Waals surface area contributed by atoms with Gasteiger partial charge in [-0.1, -0.05) is 30.3 Å². The van der Waals surface area contributed by atoms with Crippen molar-refractivity contribution in [2.24, 2.45) is 0 Å². The highest BCUT2D eigenvalue weighted by Gasteiger charge is 2.22. The molecule has 0 spiro atoms. The van der Waals surface area contributed by atoms with Crippen molar-refractivity contribution in [3.05, 3.63) is 59.3 Å². The highest BCUT2D eigenvalue weighted by molar-refractivity contribution is 7.92. The van der Waals surface area contributed by atoms with E-state index in [1.54, 1.807) is 37.3 Å². The smallest absolute Gasteiger partial charge is 0.262 e. The van der Waals surface area contributed by atoms with Crippen molar-refractivity contribution < 1.29 is 17.7 Å². The van der Waals surface area contributed by atoms with Crippen LogP contribution in [-0.4, -0.2) is 19.5 Å². The quantitative estimate of drug-likeness (QED) is 0.619. The van der Waals surface area contributed by atoms with E-state index in [2.05, 4.69) is 15.2 Å². The summed E-state index contributed by atoms with van der Waals surface area (Å²) in [5.41, 5.74) is 2.86. The van der Waals surface area contributed by atoms with E-state index in [4.69, 9.17) is 9.78 Å². The molecule has 0 fully saturated rings. The summed E-state index contributed by atoms with van der Waals surface area (Å²) in [6.07, 6.45) is 0.535. The Balaban J connectivity index is 2.07. The molecule has 0 bridgehead atoms. The zero-order chi connectivity index (χ0) is 21.9. The molecule has 2 N–H and O–H groups in total. The molecule has 0 aliphatic heterocycles. The standard InChI is InChI=1S/C21H20N4O4S/c1-4-18-20(21(29-24-18)23-14(3)26)16-9-8-13(2)19(11-16)30(27,28)25-17-7-5-6-15(10-17)12-22/h5-11,25H,4H2,1-3H3,(H,23,26). The number of aromatic nitrogens is 1. The van der Waals surface area contributed by atoms with Gasteiger partial charge in [0.25, 0.3) is 10.0 Å². The SMILES string of the molecule is CCc1noc(NC(C)=O)c1-c1ccc(C)c(S(=O)(=O)Nc2cccc(C#N)c2)c1. The lowest BCUT2D eigenvalue weighted by molar-refractivity contribution is -0.114. The first-order valence-corrected chi connectivity index (χ1v) is 10.6. The summed E-state index contributed by atoms with van der Waals surface area (Å²) in [6, 6.07) is 13.1. The van der Waals surface area contributed by atoms with Crippen LogP contribution in [0.15, 0.2) is 51.9 Å². The highest BCUT2D eigenvalue weighted by Crippen LogP contribution is 2.34. The van der Waals surface area contributed by atoms with Crippen molar-refractivity contribution in [2.45, 2.75) is 32.1 Å². The summed E-state index contributed by atoms with van der Waals surface area (Å²) in [7, 11) is -3.94. The number of anilines is 2. The predicted octanol–water partition coefficient (Wildman–Crippen LogP) is 3.84. The van der Waals surface area contributed by atoms with Gasteiger partial charge in [-0.3, -0.25) is 14.8 Å². The van der Waals surface area contributed by atoms with Gasteiger partial charge in [-0.05, 0) is 48.7 Å². The van der Waals surface area contributed by atoms with Crippen LogP contribution in [0.25, 0.3) is 11.1 Å². The van der Waals surface area contributed by atoms with Crippen molar-refractivity contribution in [1.29, 1.82) is 5.26 Å². The van der Waals surface area contributed by atoms with Crippen LogP contribution >= 0.6 is 0 Å². The van der Waals surface area contributed by atoms with Crippen molar-refractivity contribution in [2.75, 3.05) is 10.0 Å². The third-order valence-corrected chi connectivity index (χ3v) is 5.92. The van der Waals surface area contributed by atoms with Gasteiger partial charge in [0.15, 0.2) is 0 Å². The van der Waals surface area contributed by atoms with E-state index in [-0.39, 0.29) is 22.4 Å². The van der Waals surface area contributed by atoms with Crippen molar-refractivity contribution in [1.82, 2.24) is 5.16 Å². The van der Waals surface area contributed by atoms with Crippen LogP contribution in [0.5, 0.6) is 0 Å². The minimum Gasteiger partial charge on any atom is -0.337 e. The molecule has 0 aliphatic carbocycles. The number of nitriles is 1. The van der Waals surface area contributed by atoms with Crippen molar-refractivity contribution >= 4 is 27.5 Å². The molecule has 0 saturated heterocycles. The van der Waals surface area contributed by atoms with Crippen LogP contribution in [0.1, 0.15) is 30.7 Å². The molecule has 0 aliphatic rings. The maximum absolute atomic E-state index is 13.1. The van der Waals surface area contributed by atoms with Crippen LogP contribution in [0.4, 0.5) is 11.6 Å². The van der Waals surface area contributed by atoms with Gasteiger partial charge in [0.05, 0.1) is 33.5 Å². The van der Waals surface area contributed by atoms with Crippen LogP contribution in [0, 0.1) is 18.3 Å². The number of nitrogens with one attached hydrogen (secondary N) is 2. The second-order valence-corrected chi connectivity index (χ2v) is 8.30. The summed E-state index contributed by atoms with van der Waals surface area (Å²) < 4.78 is 33.9. The first-order chi connectivity index (χ1) is 14.2. The molecule has 3 rings (SSSR count). The predicted molar refractivity (Wildman–Crippen MR) is 112 cm³/mol. The summed E-state index contributed by atoms with van der Waals surface area (Å²) in [6.45, 7) is 4.92. The summed E-state index contributed by atoms with van der Waals surface area (Å²) in [5, 5.41) is 15.6. The molecular formula is C21H20N4O4S. The maximum atomic E-state index is 13.1. The summed E-state index contributed by atoms with van der Waals surface area (Å²) in [4.78, 5) is 11.6. The zero-order valence-corrected chi connectivity index (χ0v) is 17.5. The molecule has 2 aromatic carbocycles. The van der Waals surface area contributed by atoms with Crippen LogP contribution in [-0.2, 0) is 21.2 Å². The fourth-order valence-corrected chi connectivity index (χ4v) is 4.34. The van der Waals surface area contributed by atoms with Gasteiger partial charge in [-0.15, -0.1) is 0 Å². The first kappa shape index (κ1) is 21.1. The fourth-order valence-electron chi connectivity index (χ4n) is 3.01. The lowest BCUT2D eigenvalue weighted by Gasteiger charge is -2.13. The summed E-state index contributed by atoms with van der Waals surface area (Å²) >= 11 is 0. The van der Waals surface area contributed by atoms with Gasteiger partial charge in [-0.2, -0.15) is 5.26 Å². The lowest BCUT2D eigenvalue weighted by Crippen LogP contribution is -2.14. The van der Waals surface area contributed by atoms with E-state index in [0.717, 1.165) is 0 Å². The van der Waals surface area contributed by atoms with Crippen LogP contribution in [0.3, 0.4) is 0 Å². The number of carbonyl (C=O) groups excluding carboxylic acids is 1. The molecule has 0 saturated carbocycles. The molecule has 8 nitrogen and oxygen atoms in total. The Labute approximate surface area is 174 Å². The van der Waals surface area contributed by atoms with E-state index >= 15 is 0 Å². The number of aryl methyl sites for hydroxylation is 2. The largest absolute Gasteiger partial charge is 0.337 e. The molecule has 0 unspecified atom stereocenters. The Morgan fingerprint density at radius 1 is 1.23 bits per heavy atom. The van der Waals surface area contributed by atoms with E-state index < -0.39 is 10.0 Å². The van der Waals surface area contributed by atoms with Gasteiger partial charge >= 0.3 is 0 Å². The number of nitrogens with zero attached hydrogens (tertiary/aromatic N) is 2. The Bertz CT molecular complexity index is 1260. The van der Waals surface area contributed by atoms with Gasteiger partial charge < -0.3 is 4.52 Å². The normalized spacial score (nSPS) is 11.0. The van der Waals surface area contributed by atoms with E-state index in [1.807, 2.05) is 13.0 Å². The van der Waals surface area contributed by atoms with Gasteiger partial charge in [-0.25, -0.2) is 8.42 Å². The topological polar surface area (TPSA) is 125 Å². The minimum atomic E-state index is -3.94. The zero-order valence-electron chi connectivity index (χ0n) is 16.7. The fraction of sp³-hybridized carbons (Fsp3) is 0.190. The molecule has 9 heteroatoms. The number of rotatable bonds is 6. The summed E-state index contributed by atoms with van der Waals surface area (Å²) in [5.74, 6) is -0.157. The van der Waals surface area contributed by atoms with Crippen molar-refractivity contribution in [3.8, 4) is 17.2 Å².